The van der Waals surface area contributed by atoms with Crippen molar-refractivity contribution in [2.75, 3.05) is 23.9 Å². The van der Waals surface area contributed by atoms with Gasteiger partial charge in [-0.25, -0.2) is 4.98 Å². The highest BCUT2D eigenvalue weighted by Crippen LogP contribution is 2.29. The van der Waals surface area contributed by atoms with Crippen molar-refractivity contribution in [3.8, 4) is 5.75 Å². The second kappa shape index (κ2) is 6.86. The Morgan fingerprint density at radius 1 is 1.30 bits per heavy atom. The Kier molecular flexibility index (Phi) is 4.39. The van der Waals surface area contributed by atoms with E-state index in [0.717, 1.165) is 36.5 Å². The van der Waals surface area contributed by atoms with Gasteiger partial charge in [0, 0.05) is 18.3 Å². The fourth-order valence-electron chi connectivity index (χ4n) is 3.56. The molecule has 0 bridgehead atoms. The molecular formula is C19H22N6O2. The molecule has 1 amide bonds. The number of aryl methyl sites for hydroxylation is 2. The molecule has 1 fully saturated rings. The summed E-state index contributed by atoms with van der Waals surface area (Å²) in [4.78, 5) is 23.7. The van der Waals surface area contributed by atoms with Crippen molar-refractivity contribution in [3.63, 3.8) is 0 Å². The SMILES string of the molecule is COc1ccc(C)cc1NC(=O)C1CCCN1c1cc(C)nc2ncnn12. The van der Waals surface area contributed by atoms with Gasteiger partial charge >= 0.3 is 0 Å². The van der Waals surface area contributed by atoms with Crippen LogP contribution in [-0.2, 0) is 4.79 Å². The number of aromatic nitrogens is 4. The summed E-state index contributed by atoms with van der Waals surface area (Å²) in [5, 5.41) is 7.30. The molecule has 1 aliphatic heterocycles. The van der Waals surface area contributed by atoms with Crippen LogP contribution in [0.25, 0.3) is 5.78 Å². The van der Waals surface area contributed by atoms with Crippen LogP contribution in [0, 0.1) is 13.8 Å². The molecule has 0 spiro atoms. The van der Waals surface area contributed by atoms with Crippen LogP contribution in [0.15, 0.2) is 30.6 Å². The van der Waals surface area contributed by atoms with Gasteiger partial charge < -0.3 is 15.0 Å². The molecule has 2 aromatic heterocycles. The van der Waals surface area contributed by atoms with Gasteiger partial charge in [-0.2, -0.15) is 14.6 Å². The number of amides is 1. The van der Waals surface area contributed by atoms with Gasteiger partial charge in [0.1, 0.15) is 23.9 Å². The average Bonchev–Trinajstić information content (AvgIpc) is 3.30. The molecule has 1 unspecified atom stereocenters. The van der Waals surface area contributed by atoms with Gasteiger partial charge in [-0.1, -0.05) is 6.07 Å². The van der Waals surface area contributed by atoms with Crippen LogP contribution in [0.5, 0.6) is 5.75 Å². The molecule has 1 N–H and O–H groups in total. The largest absolute Gasteiger partial charge is 0.495 e. The van der Waals surface area contributed by atoms with E-state index in [9.17, 15) is 4.79 Å². The summed E-state index contributed by atoms with van der Waals surface area (Å²) in [6.45, 7) is 4.68. The number of ether oxygens (including phenoxy) is 1. The zero-order chi connectivity index (χ0) is 19.0. The Morgan fingerprint density at radius 2 is 2.15 bits per heavy atom. The number of hydrogen-bond acceptors (Lipinski definition) is 6. The normalized spacial score (nSPS) is 16.7. The van der Waals surface area contributed by atoms with Crippen LogP contribution >= 0.6 is 0 Å². The van der Waals surface area contributed by atoms with Crippen LogP contribution in [-0.4, -0.2) is 45.2 Å². The standard InChI is InChI=1S/C19H22N6O2/c1-12-6-7-16(27-3)14(9-12)23-18(26)15-5-4-8-24(15)17-10-13(2)22-19-20-11-21-25(17)19/h6-7,9-11,15H,4-5,8H2,1-3H3,(H,23,26). The number of methoxy groups -OCH3 is 1. The molecule has 8 nitrogen and oxygen atoms in total. The Hall–Kier alpha value is -3.16. The number of carbonyl (C=O) groups is 1. The van der Waals surface area contributed by atoms with Crippen molar-refractivity contribution in [1.29, 1.82) is 0 Å². The molecule has 0 radical (unpaired) electrons. The van der Waals surface area contributed by atoms with Crippen molar-refractivity contribution < 1.29 is 9.53 Å². The topological polar surface area (TPSA) is 84.6 Å². The summed E-state index contributed by atoms with van der Waals surface area (Å²) in [6.07, 6.45) is 3.19. The van der Waals surface area contributed by atoms with E-state index in [1.807, 2.05) is 38.1 Å². The van der Waals surface area contributed by atoms with Gasteiger partial charge in [-0.05, 0) is 44.4 Å². The lowest BCUT2D eigenvalue weighted by atomic mass is 10.1. The first-order valence-electron chi connectivity index (χ1n) is 8.96. The number of hydrogen-bond donors (Lipinski definition) is 1. The fraction of sp³-hybridized carbons (Fsp3) is 0.368. The monoisotopic (exact) mass is 366 g/mol. The fourth-order valence-corrected chi connectivity index (χ4v) is 3.56. The number of rotatable bonds is 4. The Balaban J connectivity index is 1.64. The number of nitrogens with zero attached hydrogens (tertiary/aromatic N) is 5. The van der Waals surface area contributed by atoms with Crippen molar-refractivity contribution >= 4 is 23.2 Å². The van der Waals surface area contributed by atoms with Gasteiger partial charge in [0.2, 0.25) is 5.91 Å². The molecule has 8 heteroatoms. The molecule has 0 aliphatic carbocycles. The number of carbonyl (C=O) groups excluding carboxylic acids is 1. The maximum absolute atomic E-state index is 13.1. The summed E-state index contributed by atoms with van der Waals surface area (Å²) in [5.74, 6) is 1.97. The van der Waals surface area contributed by atoms with E-state index < -0.39 is 0 Å². The van der Waals surface area contributed by atoms with E-state index in [1.165, 1.54) is 6.33 Å². The van der Waals surface area contributed by atoms with Crippen LogP contribution in [0.3, 0.4) is 0 Å². The van der Waals surface area contributed by atoms with E-state index in [-0.39, 0.29) is 11.9 Å². The Morgan fingerprint density at radius 3 is 2.96 bits per heavy atom. The number of benzene rings is 1. The van der Waals surface area contributed by atoms with Crippen LogP contribution in [0.2, 0.25) is 0 Å². The average molecular weight is 366 g/mol. The zero-order valence-electron chi connectivity index (χ0n) is 15.6. The zero-order valence-corrected chi connectivity index (χ0v) is 15.6. The van der Waals surface area contributed by atoms with E-state index in [1.54, 1.807) is 11.6 Å². The van der Waals surface area contributed by atoms with Crippen LogP contribution < -0.4 is 15.0 Å². The van der Waals surface area contributed by atoms with E-state index in [4.69, 9.17) is 4.74 Å². The van der Waals surface area contributed by atoms with E-state index >= 15 is 0 Å². The Labute approximate surface area is 157 Å². The lowest BCUT2D eigenvalue weighted by Gasteiger charge is -2.26. The smallest absolute Gasteiger partial charge is 0.254 e. The molecule has 1 aliphatic rings. The summed E-state index contributed by atoms with van der Waals surface area (Å²) < 4.78 is 7.07. The third-order valence-corrected chi connectivity index (χ3v) is 4.82. The van der Waals surface area contributed by atoms with Gasteiger partial charge in [0.15, 0.2) is 0 Å². The predicted octanol–water partition coefficient (Wildman–Crippen LogP) is 2.36. The molecular weight excluding hydrogens is 344 g/mol. The highest BCUT2D eigenvalue weighted by Gasteiger charge is 2.33. The van der Waals surface area contributed by atoms with Crippen molar-refractivity contribution in [2.45, 2.75) is 32.7 Å². The molecule has 1 atom stereocenters. The number of anilines is 2. The van der Waals surface area contributed by atoms with Crippen molar-refractivity contribution in [3.05, 3.63) is 41.9 Å². The van der Waals surface area contributed by atoms with Gasteiger partial charge in [-0.15, -0.1) is 0 Å². The summed E-state index contributed by atoms with van der Waals surface area (Å²) in [5.41, 5.74) is 2.59. The summed E-state index contributed by atoms with van der Waals surface area (Å²) in [7, 11) is 1.60. The molecule has 140 valence electrons. The molecule has 3 heterocycles. The maximum atomic E-state index is 13.1. The number of fused-ring (bicyclic) bond motifs is 1. The maximum Gasteiger partial charge on any atom is 0.254 e. The highest BCUT2D eigenvalue weighted by molar-refractivity contribution is 5.98. The first kappa shape index (κ1) is 17.3. The van der Waals surface area contributed by atoms with Gasteiger partial charge in [0.25, 0.3) is 5.78 Å². The molecule has 3 aromatic rings. The van der Waals surface area contributed by atoms with Crippen molar-refractivity contribution in [1.82, 2.24) is 19.6 Å². The minimum absolute atomic E-state index is 0.0564. The minimum Gasteiger partial charge on any atom is -0.495 e. The van der Waals surface area contributed by atoms with Gasteiger partial charge in [-0.3, -0.25) is 4.79 Å². The summed E-state index contributed by atoms with van der Waals surface area (Å²) in [6, 6.07) is 7.40. The molecule has 1 aromatic carbocycles. The quantitative estimate of drug-likeness (QED) is 0.763. The van der Waals surface area contributed by atoms with Crippen LogP contribution in [0.4, 0.5) is 11.5 Å². The first-order chi connectivity index (χ1) is 13.1. The predicted molar refractivity (Wildman–Crippen MR) is 102 cm³/mol. The lowest BCUT2D eigenvalue weighted by molar-refractivity contribution is -0.117. The summed E-state index contributed by atoms with van der Waals surface area (Å²) >= 11 is 0. The second-order valence-electron chi connectivity index (χ2n) is 6.77. The lowest BCUT2D eigenvalue weighted by Crippen LogP contribution is -2.40. The Bertz CT molecular complexity index is 999. The second-order valence-corrected chi connectivity index (χ2v) is 6.77. The third-order valence-electron chi connectivity index (χ3n) is 4.82. The molecule has 4 rings (SSSR count). The molecule has 27 heavy (non-hydrogen) atoms. The third kappa shape index (κ3) is 3.18. The van der Waals surface area contributed by atoms with E-state index in [0.29, 0.717) is 17.2 Å². The highest BCUT2D eigenvalue weighted by atomic mass is 16.5. The van der Waals surface area contributed by atoms with Crippen LogP contribution in [0.1, 0.15) is 24.1 Å². The van der Waals surface area contributed by atoms with E-state index in [2.05, 4.69) is 25.3 Å². The minimum atomic E-state index is -0.288. The molecule has 1 saturated heterocycles. The van der Waals surface area contributed by atoms with Crippen molar-refractivity contribution in [2.24, 2.45) is 0 Å². The first-order valence-corrected chi connectivity index (χ1v) is 8.96. The molecule has 0 saturated carbocycles. The van der Waals surface area contributed by atoms with Gasteiger partial charge in [0.05, 0.1) is 12.8 Å². The number of nitrogens with one attached hydrogen (secondary N) is 1.